The van der Waals surface area contributed by atoms with Crippen LogP contribution in [0.4, 0.5) is 4.39 Å². The van der Waals surface area contributed by atoms with E-state index < -0.39 is 5.83 Å². The van der Waals surface area contributed by atoms with Crippen LogP contribution in [0.1, 0.15) is 19.8 Å². The van der Waals surface area contributed by atoms with Gasteiger partial charge < -0.3 is 4.74 Å². The Morgan fingerprint density at radius 1 is 1.64 bits per heavy atom. The highest BCUT2D eigenvalue weighted by Gasteiger charge is 1.97. The van der Waals surface area contributed by atoms with Gasteiger partial charge in [0.05, 0.1) is 12.8 Å². The third-order valence-electron chi connectivity index (χ3n) is 1.31. The number of halogens is 1. The highest BCUT2D eigenvalue weighted by molar-refractivity contribution is 5.69. The minimum Gasteiger partial charge on any atom is -0.466 e. The van der Waals surface area contributed by atoms with Gasteiger partial charge in [0.15, 0.2) is 0 Å². The lowest BCUT2D eigenvalue weighted by Crippen LogP contribution is -2.02. The van der Waals surface area contributed by atoms with Crippen LogP contribution in [0.15, 0.2) is 29.2 Å². The fraction of sp³-hybridized carbons (Fsp3) is 0.400. The van der Waals surface area contributed by atoms with Gasteiger partial charge >= 0.3 is 5.97 Å². The van der Waals surface area contributed by atoms with Gasteiger partial charge in [-0.1, -0.05) is 6.08 Å². The highest BCUT2D eigenvalue weighted by Crippen LogP contribution is 2.01. The largest absolute Gasteiger partial charge is 0.466 e. The molecule has 0 aromatic rings. The summed E-state index contributed by atoms with van der Waals surface area (Å²) in [5.41, 5.74) is 0. The Labute approximate surface area is 83.0 Å². The lowest BCUT2D eigenvalue weighted by atomic mass is 10.3. The number of allylic oxidation sites excluding steroid dienone is 3. The quantitative estimate of drug-likeness (QED) is 0.374. The van der Waals surface area contributed by atoms with E-state index in [0.717, 1.165) is 6.20 Å². The molecule has 0 saturated heterocycles. The molecule has 14 heavy (non-hydrogen) atoms. The number of rotatable bonds is 6. The summed E-state index contributed by atoms with van der Waals surface area (Å²) in [6.45, 7) is 5.22. The molecule has 0 spiro atoms. The molecule has 0 amide bonds. The van der Waals surface area contributed by atoms with E-state index in [1.54, 1.807) is 13.0 Å². The zero-order valence-electron chi connectivity index (χ0n) is 8.20. The zero-order chi connectivity index (χ0) is 10.8. The van der Waals surface area contributed by atoms with Crippen LogP contribution in [-0.2, 0) is 9.53 Å². The first kappa shape index (κ1) is 12.6. The number of aliphatic imine (C=N–C) groups is 1. The van der Waals surface area contributed by atoms with E-state index in [0.29, 0.717) is 13.0 Å². The zero-order valence-corrected chi connectivity index (χ0v) is 8.20. The lowest BCUT2D eigenvalue weighted by Gasteiger charge is -1.97. The maximum Gasteiger partial charge on any atom is 0.306 e. The maximum atomic E-state index is 12.6. The SMILES string of the molecule is C=N/C=C(F)\C=C/CCC(=O)OCC. The van der Waals surface area contributed by atoms with Crippen LogP contribution in [0.3, 0.4) is 0 Å². The van der Waals surface area contributed by atoms with Crippen molar-refractivity contribution in [2.45, 2.75) is 19.8 Å². The fourth-order valence-electron chi connectivity index (χ4n) is 0.761. The van der Waals surface area contributed by atoms with Crippen LogP contribution in [0.2, 0.25) is 0 Å². The summed E-state index contributed by atoms with van der Waals surface area (Å²) in [5, 5.41) is 0. The van der Waals surface area contributed by atoms with E-state index in [9.17, 15) is 9.18 Å². The second-order valence-electron chi connectivity index (χ2n) is 2.44. The number of esters is 1. The molecule has 0 aliphatic rings. The van der Waals surface area contributed by atoms with Crippen molar-refractivity contribution in [1.29, 1.82) is 0 Å². The Bertz CT molecular complexity index is 247. The Hall–Kier alpha value is -1.45. The number of carbonyl (C=O) groups is 1. The maximum absolute atomic E-state index is 12.6. The average Bonchev–Trinajstić information content (AvgIpc) is 2.13. The molecule has 3 nitrogen and oxygen atoms in total. The van der Waals surface area contributed by atoms with Gasteiger partial charge in [0.25, 0.3) is 0 Å². The summed E-state index contributed by atoms with van der Waals surface area (Å²) < 4.78 is 17.3. The van der Waals surface area contributed by atoms with E-state index in [-0.39, 0.29) is 12.4 Å². The average molecular weight is 199 g/mol. The van der Waals surface area contributed by atoms with Gasteiger partial charge in [-0.05, 0) is 26.1 Å². The molecule has 78 valence electrons. The van der Waals surface area contributed by atoms with Crippen molar-refractivity contribution in [3.8, 4) is 0 Å². The second-order valence-corrected chi connectivity index (χ2v) is 2.44. The second kappa shape index (κ2) is 8.16. The van der Waals surface area contributed by atoms with Crippen molar-refractivity contribution >= 4 is 12.7 Å². The standard InChI is InChI=1S/C10H14FNO2/c1-3-14-10(13)7-5-4-6-9(11)8-12-2/h4,6,8H,2-3,5,7H2,1H3/b6-4-,9-8+. The Morgan fingerprint density at radius 2 is 2.36 bits per heavy atom. The molecule has 0 heterocycles. The summed E-state index contributed by atoms with van der Waals surface area (Å²) >= 11 is 0. The third-order valence-corrected chi connectivity index (χ3v) is 1.31. The molecule has 0 unspecified atom stereocenters. The van der Waals surface area contributed by atoms with Gasteiger partial charge in [0, 0.05) is 6.42 Å². The Balaban J connectivity index is 3.68. The first-order chi connectivity index (χ1) is 6.70. The molecular formula is C10H14FNO2. The minimum absolute atomic E-state index is 0.263. The lowest BCUT2D eigenvalue weighted by molar-refractivity contribution is -0.142. The fourth-order valence-corrected chi connectivity index (χ4v) is 0.761. The normalized spacial score (nSPS) is 11.7. The van der Waals surface area contributed by atoms with Crippen LogP contribution in [0.25, 0.3) is 0 Å². The number of hydrogen-bond donors (Lipinski definition) is 0. The van der Waals surface area contributed by atoms with Gasteiger partial charge in [-0.15, -0.1) is 0 Å². The molecule has 0 aromatic carbocycles. The molecule has 0 radical (unpaired) electrons. The van der Waals surface area contributed by atoms with E-state index in [2.05, 4.69) is 16.4 Å². The van der Waals surface area contributed by atoms with E-state index in [1.807, 2.05) is 0 Å². The summed E-state index contributed by atoms with van der Waals surface area (Å²) in [5.74, 6) is -0.757. The topological polar surface area (TPSA) is 38.7 Å². The van der Waals surface area contributed by atoms with Crippen molar-refractivity contribution in [2.24, 2.45) is 4.99 Å². The summed E-state index contributed by atoms with van der Waals surface area (Å²) in [6.07, 6.45) is 4.51. The van der Waals surface area contributed by atoms with Gasteiger partial charge in [0.1, 0.15) is 5.83 Å². The van der Waals surface area contributed by atoms with Crippen molar-refractivity contribution < 1.29 is 13.9 Å². The summed E-state index contributed by atoms with van der Waals surface area (Å²) in [6, 6.07) is 0. The van der Waals surface area contributed by atoms with Crippen molar-refractivity contribution in [3.63, 3.8) is 0 Å². The number of nitrogens with zero attached hydrogens (tertiary/aromatic N) is 1. The predicted molar refractivity (Wildman–Crippen MR) is 53.7 cm³/mol. The number of ether oxygens (including phenoxy) is 1. The monoisotopic (exact) mass is 199 g/mol. The van der Waals surface area contributed by atoms with Crippen LogP contribution in [-0.4, -0.2) is 19.3 Å². The molecule has 0 aliphatic carbocycles. The van der Waals surface area contributed by atoms with Gasteiger partial charge in [0.2, 0.25) is 0 Å². The number of carbonyl (C=O) groups excluding carboxylic acids is 1. The predicted octanol–water partition coefficient (Wildman–Crippen LogP) is 2.40. The van der Waals surface area contributed by atoms with Gasteiger partial charge in [-0.25, -0.2) is 4.39 Å². The number of hydrogen-bond acceptors (Lipinski definition) is 3. The van der Waals surface area contributed by atoms with E-state index >= 15 is 0 Å². The molecule has 0 rings (SSSR count). The summed E-state index contributed by atoms with van der Waals surface area (Å²) in [4.78, 5) is 14.1. The van der Waals surface area contributed by atoms with Crippen LogP contribution < -0.4 is 0 Å². The van der Waals surface area contributed by atoms with Crippen molar-refractivity contribution in [3.05, 3.63) is 24.2 Å². The molecule has 0 aliphatic heterocycles. The van der Waals surface area contributed by atoms with Crippen LogP contribution in [0.5, 0.6) is 0 Å². The molecule has 0 N–H and O–H groups in total. The molecule has 0 fully saturated rings. The summed E-state index contributed by atoms with van der Waals surface area (Å²) in [7, 11) is 0. The highest BCUT2D eigenvalue weighted by atomic mass is 19.1. The molecule has 0 aromatic heterocycles. The Kier molecular flexibility index (Phi) is 7.32. The van der Waals surface area contributed by atoms with E-state index in [1.165, 1.54) is 6.08 Å². The smallest absolute Gasteiger partial charge is 0.306 e. The molecule has 0 atom stereocenters. The molecular weight excluding hydrogens is 185 g/mol. The molecule has 0 saturated carbocycles. The third kappa shape index (κ3) is 7.21. The van der Waals surface area contributed by atoms with Crippen LogP contribution in [0, 0.1) is 0 Å². The van der Waals surface area contributed by atoms with Crippen molar-refractivity contribution in [2.75, 3.05) is 6.61 Å². The van der Waals surface area contributed by atoms with Crippen LogP contribution >= 0.6 is 0 Å². The Morgan fingerprint density at radius 3 is 2.93 bits per heavy atom. The van der Waals surface area contributed by atoms with Crippen molar-refractivity contribution in [1.82, 2.24) is 0 Å². The van der Waals surface area contributed by atoms with Gasteiger partial charge in [-0.2, -0.15) is 0 Å². The molecule has 0 bridgehead atoms. The minimum atomic E-state index is -0.483. The molecule has 4 heteroatoms. The first-order valence-corrected chi connectivity index (χ1v) is 4.34. The van der Waals surface area contributed by atoms with Gasteiger partial charge in [-0.3, -0.25) is 9.79 Å². The van der Waals surface area contributed by atoms with E-state index in [4.69, 9.17) is 0 Å². The first-order valence-electron chi connectivity index (χ1n) is 4.34.